The highest BCUT2D eigenvalue weighted by atomic mass is 16.5. The zero-order valence-corrected chi connectivity index (χ0v) is 21.8. The maximum Gasteiger partial charge on any atom is 0.289 e. The summed E-state index contributed by atoms with van der Waals surface area (Å²) < 4.78 is 17.2. The van der Waals surface area contributed by atoms with Gasteiger partial charge in [-0.1, -0.05) is 24.3 Å². The van der Waals surface area contributed by atoms with Gasteiger partial charge in [-0.25, -0.2) is 0 Å². The molecule has 0 aliphatic carbocycles. The molecule has 0 spiro atoms. The van der Waals surface area contributed by atoms with Gasteiger partial charge >= 0.3 is 0 Å². The summed E-state index contributed by atoms with van der Waals surface area (Å²) in [5.74, 6) is 2.88. The number of rotatable bonds is 10. The second-order valence-electron chi connectivity index (χ2n) is 9.30. The number of nitrogens with zero attached hydrogens (tertiary/aromatic N) is 3. The third-order valence-electron chi connectivity index (χ3n) is 6.55. The minimum atomic E-state index is -0.0529. The van der Waals surface area contributed by atoms with Crippen LogP contribution in [-0.4, -0.2) is 61.6 Å². The van der Waals surface area contributed by atoms with Crippen molar-refractivity contribution in [2.24, 2.45) is 0 Å². The molecule has 0 N–H and O–H groups in total. The van der Waals surface area contributed by atoms with Gasteiger partial charge in [-0.15, -0.1) is 0 Å². The second-order valence-corrected chi connectivity index (χ2v) is 9.30. The molecule has 2 aromatic carbocycles. The Labute approximate surface area is 214 Å². The van der Waals surface area contributed by atoms with Gasteiger partial charge in [0.1, 0.15) is 17.3 Å². The molecule has 1 aliphatic heterocycles. The summed E-state index contributed by atoms with van der Waals surface area (Å²) in [5, 5.41) is 0. The van der Waals surface area contributed by atoms with Crippen molar-refractivity contribution in [1.82, 2.24) is 9.80 Å². The average molecular weight is 492 g/mol. The van der Waals surface area contributed by atoms with Crippen LogP contribution in [0.3, 0.4) is 0 Å². The highest BCUT2D eigenvalue weighted by Gasteiger charge is 2.26. The number of amides is 1. The number of piperazine rings is 1. The SMILES string of the molecule is CCOc1ccccc1N1CCN(C(=O)c2ccc(CN(Cc3cccc(OC)c3)C(C)C)o2)CC1. The van der Waals surface area contributed by atoms with Gasteiger partial charge in [-0.3, -0.25) is 9.69 Å². The van der Waals surface area contributed by atoms with Gasteiger partial charge in [0.2, 0.25) is 0 Å². The van der Waals surface area contributed by atoms with Gasteiger partial charge in [0.15, 0.2) is 5.76 Å². The first-order chi connectivity index (χ1) is 17.5. The fourth-order valence-corrected chi connectivity index (χ4v) is 4.51. The molecule has 1 aliphatic rings. The van der Waals surface area contributed by atoms with Crippen LogP contribution < -0.4 is 14.4 Å². The standard InChI is InChI=1S/C29H37N3O4/c1-5-35-27-12-7-6-11-26(27)30-15-17-31(18-16-30)29(33)28-14-13-25(36-28)21-32(22(2)3)20-23-9-8-10-24(19-23)34-4/h6-14,19,22H,5,15-18,20-21H2,1-4H3. The van der Waals surface area contributed by atoms with E-state index in [1.165, 1.54) is 5.56 Å². The van der Waals surface area contributed by atoms with E-state index < -0.39 is 0 Å². The second kappa shape index (κ2) is 12.0. The van der Waals surface area contributed by atoms with Crippen LogP contribution in [0.1, 0.15) is 42.6 Å². The van der Waals surface area contributed by atoms with E-state index >= 15 is 0 Å². The summed E-state index contributed by atoms with van der Waals surface area (Å²) in [6.45, 7) is 11.1. The normalized spacial score (nSPS) is 13.9. The number of methoxy groups -OCH3 is 1. The predicted molar refractivity (Wildman–Crippen MR) is 142 cm³/mol. The third kappa shape index (κ3) is 6.21. The zero-order valence-electron chi connectivity index (χ0n) is 21.8. The summed E-state index contributed by atoms with van der Waals surface area (Å²) in [5.41, 5.74) is 2.26. The Hall–Kier alpha value is -3.45. The molecule has 0 saturated carbocycles. The van der Waals surface area contributed by atoms with Crippen molar-refractivity contribution < 1.29 is 18.7 Å². The van der Waals surface area contributed by atoms with Crippen molar-refractivity contribution in [1.29, 1.82) is 0 Å². The molecule has 1 amide bonds. The van der Waals surface area contributed by atoms with Crippen molar-refractivity contribution in [3.8, 4) is 11.5 Å². The van der Waals surface area contributed by atoms with Crippen LogP contribution in [0.25, 0.3) is 0 Å². The Kier molecular flexibility index (Phi) is 8.54. The summed E-state index contributed by atoms with van der Waals surface area (Å²) in [4.78, 5) is 19.6. The molecule has 2 heterocycles. The lowest BCUT2D eigenvalue weighted by molar-refractivity contribution is 0.0709. The molecule has 7 nitrogen and oxygen atoms in total. The van der Waals surface area contributed by atoms with Crippen LogP contribution in [-0.2, 0) is 13.1 Å². The van der Waals surface area contributed by atoms with Crippen molar-refractivity contribution in [3.05, 3.63) is 77.7 Å². The fourth-order valence-electron chi connectivity index (χ4n) is 4.51. The number of ether oxygens (including phenoxy) is 2. The molecule has 3 aromatic rings. The molecule has 0 radical (unpaired) electrons. The summed E-state index contributed by atoms with van der Waals surface area (Å²) >= 11 is 0. The minimum absolute atomic E-state index is 0.0529. The summed E-state index contributed by atoms with van der Waals surface area (Å²) in [6.07, 6.45) is 0. The third-order valence-corrected chi connectivity index (χ3v) is 6.55. The van der Waals surface area contributed by atoms with Gasteiger partial charge < -0.3 is 23.7 Å². The number of hydrogen-bond donors (Lipinski definition) is 0. The number of anilines is 1. The molecule has 1 aromatic heterocycles. The van der Waals surface area contributed by atoms with Gasteiger partial charge in [0.05, 0.1) is 25.9 Å². The van der Waals surface area contributed by atoms with Crippen LogP contribution in [0.5, 0.6) is 11.5 Å². The van der Waals surface area contributed by atoms with E-state index in [0.717, 1.165) is 42.6 Å². The predicted octanol–water partition coefficient (Wildman–Crippen LogP) is 5.06. The van der Waals surface area contributed by atoms with Gasteiger partial charge in [0, 0.05) is 38.8 Å². The average Bonchev–Trinajstić information content (AvgIpc) is 3.37. The van der Waals surface area contributed by atoms with Crippen molar-refractivity contribution in [3.63, 3.8) is 0 Å². The van der Waals surface area contributed by atoms with E-state index in [1.807, 2.05) is 48.2 Å². The zero-order chi connectivity index (χ0) is 25.5. The van der Waals surface area contributed by atoms with E-state index in [1.54, 1.807) is 13.2 Å². The number of furan rings is 1. The maximum atomic E-state index is 13.2. The molecule has 0 unspecified atom stereocenters. The van der Waals surface area contributed by atoms with Crippen LogP contribution >= 0.6 is 0 Å². The van der Waals surface area contributed by atoms with Gasteiger partial charge in [-0.2, -0.15) is 0 Å². The first-order valence-electron chi connectivity index (χ1n) is 12.7. The molecular formula is C29H37N3O4. The van der Waals surface area contributed by atoms with E-state index in [0.29, 0.717) is 38.0 Å². The van der Waals surface area contributed by atoms with E-state index in [9.17, 15) is 4.79 Å². The van der Waals surface area contributed by atoms with Gasteiger partial charge in [-0.05, 0) is 62.7 Å². The molecule has 0 atom stereocenters. The monoisotopic (exact) mass is 491 g/mol. The van der Waals surface area contributed by atoms with Crippen LogP contribution in [0.2, 0.25) is 0 Å². The summed E-state index contributed by atoms with van der Waals surface area (Å²) in [6, 6.07) is 20.2. The lowest BCUT2D eigenvalue weighted by Gasteiger charge is -2.36. The Bertz CT molecular complexity index is 1130. The molecular weight excluding hydrogens is 454 g/mol. The largest absolute Gasteiger partial charge is 0.497 e. The number of para-hydroxylation sites is 2. The first kappa shape index (κ1) is 25.6. The molecule has 1 saturated heterocycles. The molecule has 36 heavy (non-hydrogen) atoms. The van der Waals surface area contributed by atoms with Gasteiger partial charge in [0.25, 0.3) is 5.91 Å². The molecule has 192 valence electrons. The van der Waals surface area contributed by atoms with Crippen molar-refractivity contribution in [2.45, 2.75) is 39.9 Å². The smallest absolute Gasteiger partial charge is 0.289 e. The lowest BCUT2D eigenvalue weighted by Crippen LogP contribution is -2.48. The van der Waals surface area contributed by atoms with Crippen LogP contribution in [0, 0.1) is 0 Å². The Balaban J connectivity index is 1.36. The quantitative estimate of drug-likeness (QED) is 0.395. The molecule has 1 fully saturated rings. The van der Waals surface area contributed by atoms with E-state index in [2.05, 4.69) is 41.8 Å². The number of benzene rings is 2. The molecule has 4 rings (SSSR count). The Morgan fingerprint density at radius 1 is 1.00 bits per heavy atom. The first-order valence-corrected chi connectivity index (χ1v) is 12.7. The topological polar surface area (TPSA) is 58.4 Å². The summed E-state index contributed by atoms with van der Waals surface area (Å²) in [7, 11) is 1.68. The lowest BCUT2D eigenvalue weighted by atomic mass is 10.1. The number of hydrogen-bond acceptors (Lipinski definition) is 6. The molecule has 0 bridgehead atoms. The number of carbonyl (C=O) groups excluding carboxylic acids is 1. The number of carbonyl (C=O) groups is 1. The van der Waals surface area contributed by atoms with E-state index in [-0.39, 0.29) is 5.91 Å². The maximum absolute atomic E-state index is 13.2. The fraction of sp³-hybridized carbons (Fsp3) is 0.414. The van der Waals surface area contributed by atoms with E-state index in [4.69, 9.17) is 13.9 Å². The Morgan fingerprint density at radius 3 is 2.50 bits per heavy atom. The minimum Gasteiger partial charge on any atom is -0.497 e. The highest BCUT2D eigenvalue weighted by Crippen LogP contribution is 2.29. The van der Waals surface area contributed by atoms with Crippen molar-refractivity contribution in [2.75, 3.05) is 44.8 Å². The highest BCUT2D eigenvalue weighted by molar-refractivity contribution is 5.91. The van der Waals surface area contributed by atoms with Crippen molar-refractivity contribution >= 4 is 11.6 Å². The Morgan fingerprint density at radius 2 is 1.78 bits per heavy atom. The molecule has 7 heteroatoms. The van der Waals surface area contributed by atoms with Crippen LogP contribution in [0.4, 0.5) is 5.69 Å². The van der Waals surface area contributed by atoms with Crippen LogP contribution in [0.15, 0.2) is 65.1 Å².